The van der Waals surface area contributed by atoms with Crippen LogP contribution in [0.5, 0.6) is 0 Å². The van der Waals surface area contributed by atoms with Crippen molar-refractivity contribution in [2.45, 2.75) is 77.5 Å². The van der Waals surface area contributed by atoms with Gasteiger partial charge in [-0.15, -0.1) is 0 Å². The molecule has 0 aliphatic heterocycles. The highest BCUT2D eigenvalue weighted by Gasteiger charge is 2.33. The maximum absolute atomic E-state index is 12.8. The standard InChI is InChI=1S/C20H36N6O7/c1-5-10(4)15(23)18(30)26-16(9(2)3)19(31)25-12(8-14(22)28)17(29)24-11(20(32)33)6-7-13(21)27/h9-12,15-16H,5-8,23H2,1-4H3,(H2,21,27)(H2,22,28)(H,24,29)(H,25,31)(H,26,30)(H,32,33). The summed E-state index contributed by atoms with van der Waals surface area (Å²) in [5.74, 6) is -5.98. The third-order valence-corrected chi connectivity index (χ3v) is 5.14. The molecule has 13 heteroatoms. The van der Waals surface area contributed by atoms with Crippen LogP contribution in [0, 0.1) is 11.8 Å². The fraction of sp³-hybridized carbons (Fsp3) is 0.700. The van der Waals surface area contributed by atoms with Crippen LogP contribution >= 0.6 is 0 Å². The maximum Gasteiger partial charge on any atom is 0.326 e. The molecule has 0 rings (SSSR count). The van der Waals surface area contributed by atoms with Gasteiger partial charge in [-0.3, -0.25) is 24.0 Å². The summed E-state index contributed by atoms with van der Waals surface area (Å²) in [6.45, 7) is 6.98. The molecule has 13 nitrogen and oxygen atoms in total. The molecule has 10 N–H and O–H groups in total. The normalized spacial score (nSPS) is 15.5. The van der Waals surface area contributed by atoms with E-state index >= 15 is 0 Å². The molecule has 0 heterocycles. The average Bonchev–Trinajstić information content (AvgIpc) is 2.71. The first-order chi connectivity index (χ1) is 15.2. The highest BCUT2D eigenvalue weighted by atomic mass is 16.4. The van der Waals surface area contributed by atoms with Crippen LogP contribution in [-0.4, -0.2) is 64.8 Å². The molecular weight excluding hydrogens is 436 g/mol. The average molecular weight is 473 g/mol. The lowest BCUT2D eigenvalue weighted by Gasteiger charge is -2.27. The molecule has 0 aromatic heterocycles. The lowest BCUT2D eigenvalue weighted by Crippen LogP contribution is -2.59. The zero-order chi connectivity index (χ0) is 25.9. The van der Waals surface area contributed by atoms with E-state index < -0.39 is 72.0 Å². The summed E-state index contributed by atoms with van der Waals surface area (Å²) < 4.78 is 0. The zero-order valence-corrected chi connectivity index (χ0v) is 19.4. The number of aliphatic carboxylic acids is 1. The highest BCUT2D eigenvalue weighted by Crippen LogP contribution is 2.09. The first kappa shape index (κ1) is 29.8. The number of nitrogens with one attached hydrogen (secondary N) is 3. The molecular formula is C20H36N6O7. The monoisotopic (exact) mass is 472 g/mol. The third kappa shape index (κ3) is 10.8. The number of hydrogen-bond acceptors (Lipinski definition) is 7. The number of carboxylic acids is 1. The number of carbonyl (C=O) groups excluding carboxylic acids is 5. The van der Waals surface area contributed by atoms with E-state index in [1.807, 2.05) is 6.92 Å². The fourth-order valence-corrected chi connectivity index (χ4v) is 2.79. The van der Waals surface area contributed by atoms with Crippen LogP contribution in [0.2, 0.25) is 0 Å². The summed E-state index contributed by atoms with van der Waals surface area (Å²) in [5.41, 5.74) is 16.1. The van der Waals surface area contributed by atoms with E-state index in [1.165, 1.54) is 0 Å². The topological polar surface area (TPSA) is 237 Å². The quantitative estimate of drug-likeness (QED) is 0.136. The molecule has 0 aromatic rings. The molecule has 33 heavy (non-hydrogen) atoms. The van der Waals surface area contributed by atoms with Crippen LogP contribution in [0.1, 0.15) is 53.4 Å². The van der Waals surface area contributed by atoms with Crippen molar-refractivity contribution in [2.24, 2.45) is 29.0 Å². The molecule has 0 bridgehead atoms. The Morgan fingerprint density at radius 2 is 1.36 bits per heavy atom. The van der Waals surface area contributed by atoms with Crippen molar-refractivity contribution >= 4 is 35.5 Å². The molecule has 0 spiro atoms. The molecule has 5 unspecified atom stereocenters. The Hall–Kier alpha value is -3.22. The smallest absolute Gasteiger partial charge is 0.326 e. The zero-order valence-electron chi connectivity index (χ0n) is 19.4. The van der Waals surface area contributed by atoms with Crippen LogP contribution in [0.4, 0.5) is 0 Å². The summed E-state index contributed by atoms with van der Waals surface area (Å²) in [7, 11) is 0. The fourth-order valence-electron chi connectivity index (χ4n) is 2.79. The molecule has 0 radical (unpaired) electrons. The van der Waals surface area contributed by atoms with Gasteiger partial charge in [0.25, 0.3) is 0 Å². The lowest BCUT2D eigenvalue weighted by atomic mass is 9.97. The van der Waals surface area contributed by atoms with E-state index in [1.54, 1.807) is 20.8 Å². The molecule has 188 valence electrons. The SMILES string of the molecule is CCC(C)C(N)C(=O)NC(C(=O)NC(CC(N)=O)C(=O)NC(CCC(N)=O)C(=O)O)C(C)C. The van der Waals surface area contributed by atoms with Crippen molar-refractivity contribution in [3.8, 4) is 0 Å². The first-order valence-electron chi connectivity index (χ1n) is 10.7. The van der Waals surface area contributed by atoms with Crippen LogP contribution in [0.15, 0.2) is 0 Å². The lowest BCUT2D eigenvalue weighted by molar-refractivity contribution is -0.142. The Kier molecular flexibility index (Phi) is 12.7. The Morgan fingerprint density at radius 1 is 0.818 bits per heavy atom. The Balaban J connectivity index is 5.49. The van der Waals surface area contributed by atoms with Crippen molar-refractivity contribution in [3.63, 3.8) is 0 Å². The highest BCUT2D eigenvalue weighted by molar-refractivity contribution is 5.96. The largest absolute Gasteiger partial charge is 0.480 e. The molecule has 0 aromatic carbocycles. The van der Waals surface area contributed by atoms with E-state index in [9.17, 15) is 33.9 Å². The minimum atomic E-state index is -1.51. The molecule has 0 aliphatic carbocycles. The molecule has 0 fully saturated rings. The van der Waals surface area contributed by atoms with Gasteiger partial charge in [0.2, 0.25) is 29.5 Å². The van der Waals surface area contributed by atoms with Gasteiger partial charge < -0.3 is 38.3 Å². The van der Waals surface area contributed by atoms with E-state index in [0.29, 0.717) is 6.42 Å². The molecule has 0 saturated carbocycles. The van der Waals surface area contributed by atoms with Crippen LogP contribution < -0.4 is 33.2 Å². The second kappa shape index (κ2) is 14.0. The number of nitrogens with two attached hydrogens (primary N) is 3. The van der Waals surface area contributed by atoms with Crippen LogP contribution in [-0.2, 0) is 28.8 Å². The van der Waals surface area contributed by atoms with Gasteiger partial charge in [0.1, 0.15) is 18.1 Å². The number of rotatable bonds is 15. The second-order valence-corrected chi connectivity index (χ2v) is 8.28. The summed E-state index contributed by atoms with van der Waals surface area (Å²) in [4.78, 5) is 71.6. The van der Waals surface area contributed by atoms with Gasteiger partial charge in [0.05, 0.1) is 12.5 Å². The first-order valence-corrected chi connectivity index (χ1v) is 10.7. The van der Waals surface area contributed by atoms with Gasteiger partial charge in [-0.2, -0.15) is 0 Å². The van der Waals surface area contributed by atoms with Gasteiger partial charge in [-0.1, -0.05) is 34.1 Å². The predicted octanol–water partition coefficient (Wildman–Crippen LogP) is -2.30. The Morgan fingerprint density at radius 3 is 1.79 bits per heavy atom. The van der Waals surface area contributed by atoms with Gasteiger partial charge in [-0.25, -0.2) is 4.79 Å². The van der Waals surface area contributed by atoms with E-state index in [-0.39, 0.29) is 18.8 Å². The van der Waals surface area contributed by atoms with Gasteiger partial charge in [0.15, 0.2) is 0 Å². The summed E-state index contributed by atoms with van der Waals surface area (Å²) in [6.07, 6.45) is -0.562. The van der Waals surface area contributed by atoms with E-state index in [2.05, 4.69) is 16.0 Å². The van der Waals surface area contributed by atoms with Crippen molar-refractivity contribution < 1.29 is 33.9 Å². The van der Waals surface area contributed by atoms with Gasteiger partial charge in [-0.05, 0) is 18.3 Å². The van der Waals surface area contributed by atoms with Crippen molar-refractivity contribution in [1.82, 2.24) is 16.0 Å². The number of carbonyl (C=O) groups is 6. The summed E-state index contributed by atoms with van der Waals surface area (Å²) >= 11 is 0. The minimum Gasteiger partial charge on any atom is -0.480 e. The minimum absolute atomic E-state index is 0.136. The van der Waals surface area contributed by atoms with Crippen molar-refractivity contribution in [1.29, 1.82) is 0 Å². The van der Waals surface area contributed by atoms with Crippen molar-refractivity contribution in [2.75, 3.05) is 0 Å². The Bertz CT molecular complexity index is 742. The summed E-state index contributed by atoms with van der Waals surface area (Å²) in [6, 6.07) is -4.92. The number of primary amides is 2. The number of amides is 5. The number of hydrogen-bond donors (Lipinski definition) is 7. The van der Waals surface area contributed by atoms with Gasteiger partial charge in [0, 0.05) is 6.42 Å². The Labute approximate surface area is 192 Å². The van der Waals surface area contributed by atoms with Gasteiger partial charge >= 0.3 is 5.97 Å². The van der Waals surface area contributed by atoms with E-state index in [0.717, 1.165) is 0 Å². The molecule has 5 amide bonds. The third-order valence-electron chi connectivity index (χ3n) is 5.14. The summed E-state index contributed by atoms with van der Waals surface area (Å²) in [5, 5.41) is 16.3. The van der Waals surface area contributed by atoms with E-state index in [4.69, 9.17) is 17.2 Å². The number of carboxylic acid groups (broad SMARTS) is 1. The van der Waals surface area contributed by atoms with Crippen LogP contribution in [0.25, 0.3) is 0 Å². The molecule has 0 saturated heterocycles. The predicted molar refractivity (Wildman–Crippen MR) is 118 cm³/mol. The maximum atomic E-state index is 12.8. The van der Waals surface area contributed by atoms with Crippen LogP contribution in [0.3, 0.4) is 0 Å². The second-order valence-electron chi connectivity index (χ2n) is 8.28. The van der Waals surface area contributed by atoms with Crippen molar-refractivity contribution in [3.05, 3.63) is 0 Å². The molecule has 5 atom stereocenters. The molecule has 0 aliphatic rings.